The number of hydrogen-bond donors (Lipinski definition) is 1. The predicted molar refractivity (Wildman–Crippen MR) is 74.4 cm³/mol. The van der Waals surface area contributed by atoms with E-state index in [0.29, 0.717) is 12.2 Å². The lowest BCUT2D eigenvalue weighted by Gasteiger charge is -2.12. The van der Waals surface area contributed by atoms with Gasteiger partial charge in [0.2, 0.25) is 0 Å². The summed E-state index contributed by atoms with van der Waals surface area (Å²) in [5, 5.41) is 3.06. The van der Waals surface area contributed by atoms with Gasteiger partial charge in [0, 0.05) is 6.54 Å². The van der Waals surface area contributed by atoms with Gasteiger partial charge in [-0.1, -0.05) is 30.3 Å². The molecule has 0 amide bonds. The number of halogens is 3. The Bertz CT molecular complexity index is 592. The van der Waals surface area contributed by atoms with Gasteiger partial charge in [0.25, 0.3) is 0 Å². The van der Waals surface area contributed by atoms with Crippen LogP contribution in [0, 0.1) is 0 Å². The third-order valence-electron chi connectivity index (χ3n) is 2.82. The second kappa shape index (κ2) is 5.77. The molecule has 0 saturated carbocycles. The van der Waals surface area contributed by atoms with Crippen LogP contribution < -0.4 is 5.32 Å². The van der Waals surface area contributed by atoms with Crippen molar-refractivity contribution in [3.05, 3.63) is 59.7 Å². The number of rotatable bonds is 4. The Balaban J connectivity index is 2.18. The minimum Gasteiger partial charge on any atom is -0.379 e. The Labute approximate surface area is 115 Å². The van der Waals surface area contributed by atoms with E-state index >= 15 is 0 Å². The van der Waals surface area contributed by atoms with Crippen molar-refractivity contribution in [3.63, 3.8) is 0 Å². The van der Waals surface area contributed by atoms with E-state index in [9.17, 15) is 13.2 Å². The van der Waals surface area contributed by atoms with Gasteiger partial charge in [-0.25, -0.2) is 0 Å². The van der Waals surface area contributed by atoms with Crippen LogP contribution in [-0.2, 0) is 12.7 Å². The molecular formula is C15H13F3N2. The van der Waals surface area contributed by atoms with Crippen LogP contribution in [-0.4, -0.2) is 6.72 Å². The van der Waals surface area contributed by atoms with Gasteiger partial charge in [-0.15, -0.1) is 0 Å². The molecule has 0 aliphatic rings. The monoisotopic (exact) mass is 278 g/mol. The summed E-state index contributed by atoms with van der Waals surface area (Å²) in [5.41, 5.74) is 1.01. The fraction of sp³-hybridized carbons (Fsp3) is 0.133. The third kappa shape index (κ3) is 3.38. The molecule has 2 aromatic carbocycles. The van der Waals surface area contributed by atoms with E-state index in [1.165, 1.54) is 6.07 Å². The summed E-state index contributed by atoms with van der Waals surface area (Å²) in [7, 11) is 0. The van der Waals surface area contributed by atoms with Crippen molar-refractivity contribution in [2.75, 3.05) is 5.32 Å². The Morgan fingerprint density at radius 1 is 1.05 bits per heavy atom. The first kappa shape index (κ1) is 14.1. The number of aliphatic imine (C=N–C) groups is 1. The minimum atomic E-state index is -4.38. The van der Waals surface area contributed by atoms with Gasteiger partial charge < -0.3 is 5.32 Å². The normalized spacial score (nSPS) is 11.2. The van der Waals surface area contributed by atoms with E-state index in [2.05, 4.69) is 17.0 Å². The maximum absolute atomic E-state index is 12.6. The van der Waals surface area contributed by atoms with Crippen molar-refractivity contribution in [1.29, 1.82) is 0 Å². The lowest BCUT2D eigenvalue weighted by Crippen LogP contribution is -2.05. The molecule has 0 atom stereocenters. The molecule has 104 valence electrons. The Hall–Kier alpha value is -2.30. The van der Waals surface area contributed by atoms with Crippen LogP contribution in [0.5, 0.6) is 0 Å². The molecular weight excluding hydrogens is 265 g/mol. The molecule has 2 nitrogen and oxygen atoms in total. The molecule has 0 saturated heterocycles. The van der Waals surface area contributed by atoms with E-state index in [0.717, 1.165) is 17.7 Å². The van der Waals surface area contributed by atoms with E-state index in [-0.39, 0.29) is 5.69 Å². The zero-order chi connectivity index (χ0) is 14.6. The van der Waals surface area contributed by atoms with Gasteiger partial charge in [0.15, 0.2) is 0 Å². The molecule has 5 heteroatoms. The molecule has 20 heavy (non-hydrogen) atoms. The van der Waals surface area contributed by atoms with Crippen LogP contribution >= 0.6 is 0 Å². The Morgan fingerprint density at radius 2 is 1.75 bits per heavy atom. The summed E-state index contributed by atoms with van der Waals surface area (Å²) in [4.78, 5) is 3.64. The highest BCUT2D eigenvalue weighted by atomic mass is 19.4. The van der Waals surface area contributed by atoms with E-state index in [1.807, 2.05) is 30.3 Å². The van der Waals surface area contributed by atoms with Crippen molar-refractivity contribution >= 4 is 18.1 Å². The number of benzene rings is 2. The molecule has 0 heterocycles. The van der Waals surface area contributed by atoms with Crippen LogP contribution in [0.4, 0.5) is 24.5 Å². The average molecular weight is 278 g/mol. The summed E-state index contributed by atoms with van der Waals surface area (Å²) in [6.45, 7) is 3.82. The number of nitrogens with zero attached hydrogens (tertiary/aromatic N) is 1. The summed E-state index contributed by atoms with van der Waals surface area (Å²) < 4.78 is 37.8. The van der Waals surface area contributed by atoms with Crippen LogP contribution in [0.25, 0.3) is 0 Å². The van der Waals surface area contributed by atoms with Crippen molar-refractivity contribution in [2.45, 2.75) is 12.7 Å². The molecule has 0 bridgehead atoms. The van der Waals surface area contributed by atoms with Crippen LogP contribution in [0.2, 0.25) is 0 Å². The first-order chi connectivity index (χ1) is 9.50. The standard InChI is InChI=1S/C15H13F3N2/c1-19-14-9-12(15(16,17)18)7-8-13(14)20-10-11-5-3-2-4-6-11/h2-9,20H,1,10H2. The molecule has 2 rings (SSSR count). The number of nitrogens with one attached hydrogen (secondary N) is 1. The zero-order valence-electron chi connectivity index (χ0n) is 10.6. The molecule has 0 spiro atoms. The van der Waals surface area contributed by atoms with Crippen molar-refractivity contribution < 1.29 is 13.2 Å². The number of hydrogen-bond acceptors (Lipinski definition) is 2. The second-order valence-electron chi connectivity index (χ2n) is 4.23. The highest BCUT2D eigenvalue weighted by Crippen LogP contribution is 2.35. The highest BCUT2D eigenvalue weighted by molar-refractivity contribution is 5.68. The van der Waals surface area contributed by atoms with Gasteiger partial charge in [-0.2, -0.15) is 13.2 Å². The lowest BCUT2D eigenvalue weighted by molar-refractivity contribution is -0.137. The fourth-order valence-electron chi connectivity index (χ4n) is 1.78. The van der Waals surface area contributed by atoms with Crippen LogP contribution in [0.15, 0.2) is 53.5 Å². The number of alkyl halides is 3. The molecule has 0 unspecified atom stereocenters. The topological polar surface area (TPSA) is 24.4 Å². The van der Waals surface area contributed by atoms with Gasteiger partial charge in [-0.05, 0) is 30.5 Å². The van der Waals surface area contributed by atoms with E-state index < -0.39 is 11.7 Å². The summed E-state index contributed by atoms with van der Waals surface area (Å²) >= 11 is 0. The molecule has 0 radical (unpaired) electrons. The maximum atomic E-state index is 12.6. The number of anilines is 1. The maximum Gasteiger partial charge on any atom is 0.416 e. The average Bonchev–Trinajstić information content (AvgIpc) is 2.45. The van der Waals surface area contributed by atoms with E-state index in [4.69, 9.17) is 0 Å². The van der Waals surface area contributed by atoms with Crippen LogP contribution in [0.1, 0.15) is 11.1 Å². The minimum absolute atomic E-state index is 0.191. The Kier molecular flexibility index (Phi) is 4.08. The van der Waals surface area contributed by atoms with Gasteiger partial charge in [-0.3, -0.25) is 4.99 Å². The van der Waals surface area contributed by atoms with Gasteiger partial charge >= 0.3 is 6.18 Å². The molecule has 0 aliphatic heterocycles. The lowest BCUT2D eigenvalue weighted by atomic mass is 10.1. The molecule has 1 N–H and O–H groups in total. The van der Waals surface area contributed by atoms with Crippen LogP contribution in [0.3, 0.4) is 0 Å². The summed E-state index contributed by atoms with van der Waals surface area (Å²) in [5.74, 6) is 0. The van der Waals surface area contributed by atoms with Gasteiger partial charge in [0.1, 0.15) is 0 Å². The highest BCUT2D eigenvalue weighted by Gasteiger charge is 2.30. The van der Waals surface area contributed by atoms with Crippen molar-refractivity contribution in [3.8, 4) is 0 Å². The van der Waals surface area contributed by atoms with Crippen molar-refractivity contribution in [2.24, 2.45) is 4.99 Å². The predicted octanol–water partition coefficient (Wildman–Crippen LogP) is 4.65. The largest absolute Gasteiger partial charge is 0.416 e. The first-order valence-electron chi connectivity index (χ1n) is 5.96. The van der Waals surface area contributed by atoms with Crippen molar-refractivity contribution in [1.82, 2.24) is 0 Å². The summed E-state index contributed by atoms with van der Waals surface area (Å²) in [6.07, 6.45) is -4.38. The van der Waals surface area contributed by atoms with Gasteiger partial charge in [0.05, 0.1) is 16.9 Å². The molecule has 0 aromatic heterocycles. The third-order valence-corrected chi connectivity index (χ3v) is 2.82. The zero-order valence-corrected chi connectivity index (χ0v) is 10.6. The summed E-state index contributed by atoms with van der Waals surface area (Å²) in [6, 6.07) is 12.9. The SMILES string of the molecule is C=Nc1cc(C(F)(F)F)ccc1NCc1ccccc1. The molecule has 0 aliphatic carbocycles. The van der Waals surface area contributed by atoms with E-state index in [1.54, 1.807) is 0 Å². The molecule has 2 aromatic rings. The fourth-order valence-corrected chi connectivity index (χ4v) is 1.78. The second-order valence-corrected chi connectivity index (χ2v) is 4.23. The smallest absolute Gasteiger partial charge is 0.379 e. The molecule has 0 fully saturated rings. The first-order valence-corrected chi connectivity index (χ1v) is 5.96. The Morgan fingerprint density at radius 3 is 2.35 bits per heavy atom. The quantitative estimate of drug-likeness (QED) is 0.809.